The average molecular weight is 324 g/mol. The van der Waals surface area contributed by atoms with Crippen LogP contribution in [0.3, 0.4) is 0 Å². The van der Waals surface area contributed by atoms with E-state index in [1.165, 1.54) is 15.6 Å². The Balaban J connectivity index is 1.62. The van der Waals surface area contributed by atoms with Gasteiger partial charge in [-0.25, -0.2) is 13.4 Å². The van der Waals surface area contributed by atoms with Gasteiger partial charge in [0.25, 0.3) is 10.0 Å². The molecule has 3 rings (SSSR count). The summed E-state index contributed by atoms with van der Waals surface area (Å²) in [5, 5.41) is 0. The smallest absolute Gasteiger partial charge is 0.252 e. The number of pyridine rings is 1. The average Bonchev–Trinajstić information content (AvgIpc) is 2.93. The van der Waals surface area contributed by atoms with Crippen LogP contribution in [-0.2, 0) is 16.4 Å². The van der Waals surface area contributed by atoms with Crippen LogP contribution < -0.4 is 4.74 Å². The highest BCUT2D eigenvalue weighted by molar-refractivity contribution is 7.91. The van der Waals surface area contributed by atoms with Gasteiger partial charge in [0.15, 0.2) is 0 Å². The molecule has 0 aromatic carbocycles. The number of nitrogens with zero attached hydrogens (tertiary/aromatic N) is 2. The van der Waals surface area contributed by atoms with Crippen LogP contribution >= 0.6 is 11.3 Å². The van der Waals surface area contributed by atoms with Crippen LogP contribution in [0.15, 0.2) is 40.7 Å². The van der Waals surface area contributed by atoms with Gasteiger partial charge in [-0.3, -0.25) is 0 Å². The van der Waals surface area contributed by atoms with E-state index in [1.807, 2.05) is 25.1 Å². The van der Waals surface area contributed by atoms with Crippen molar-refractivity contribution in [2.75, 3.05) is 13.1 Å². The summed E-state index contributed by atoms with van der Waals surface area (Å²) in [5.41, 5.74) is 0. The number of hydrogen-bond donors (Lipinski definition) is 0. The molecule has 0 amide bonds. The molecule has 21 heavy (non-hydrogen) atoms. The first kappa shape index (κ1) is 14.5. The van der Waals surface area contributed by atoms with Gasteiger partial charge in [-0.15, -0.1) is 11.3 Å². The van der Waals surface area contributed by atoms with Crippen LogP contribution in [0.25, 0.3) is 0 Å². The van der Waals surface area contributed by atoms with Gasteiger partial charge in [-0.05, 0) is 24.6 Å². The predicted octanol–water partition coefficient (Wildman–Crippen LogP) is 2.16. The molecule has 0 atom stereocenters. The number of aryl methyl sites for hydroxylation is 1. The highest BCUT2D eigenvalue weighted by Gasteiger charge is 2.39. The highest BCUT2D eigenvalue weighted by Crippen LogP contribution is 2.29. The number of aromatic nitrogens is 1. The van der Waals surface area contributed by atoms with Crippen LogP contribution in [0.2, 0.25) is 0 Å². The quantitative estimate of drug-likeness (QED) is 0.845. The first-order valence-corrected chi connectivity index (χ1v) is 9.02. The third-order valence-corrected chi connectivity index (χ3v) is 6.85. The second-order valence-electron chi connectivity index (χ2n) is 4.80. The molecule has 0 bridgehead atoms. The van der Waals surface area contributed by atoms with Gasteiger partial charge in [-0.2, -0.15) is 4.31 Å². The van der Waals surface area contributed by atoms with Gasteiger partial charge in [0, 0.05) is 17.1 Å². The van der Waals surface area contributed by atoms with Gasteiger partial charge < -0.3 is 4.74 Å². The van der Waals surface area contributed by atoms with Gasteiger partial charge in [0.2, 0.25) is 5.88 Å². The first-order valence-electron chi connectivity index (χ1n) is 6.76. The standard InChI is InChI=1S/C14H16N2O3S2/c1-2-12-6-7-14(20-12)21(17,18)16-9-11(10-16)19-13-5-3-4-8-15-13/h3-8,11H,2,9-10H2,1H3. The van der Waals surface area contributed by atoms with Crippen LogP contribution in [0.1, 0.15) is 11.8 Å². The maximum atomic E-state index is 12.4. The van der Waals surface area contributed by atoms with Crippen molar-refractivity contribution in [3.63, 3.8) is 0 Å². The van der Waals surface area contributed by atoms with Crippen LogP contribution in [-0.4, -0.2) is 36.9 Å². The number of rotatable bonds is 5. The Hall–Kier alpha value is -1.44. The van der Waals surface area contributed by atoms with Crippen molar-refractivity contribution < 1.29 is 13.2 Å². The lowest BCUT2D eigenvalue weighted by molar-refractivity contribution is 0.0722. The maximum absolute atomic E-state index is 12.4. The maximum Gasteiger partial charge on any atom is 0.252 e. The van der Waals surface area contributed by atoms with Crippen molar-refractivity contribution in [3.8, 4) is 5.88 Å². The molecule has 0 spiro atoms. The minimum absolute atomic E-state index is 0.125. The SMILES string of the molecule is CCc1ccc(S(=O)(=O)N2CC(Oc3ccccn3)C2)s1. The predicted molar refractivity (Wildman–Crippen MR) is 81.1 cm³/mol. The van der Waals surface area contributed by atoms with Crippen LogP contribution in [0, 0.1) is 0 Å². The number of ether oxygens (including phenoxy) is 1. The topological polar surface area (TPSA) is 59.5 Å². The molecule has 0 radical (unpaired) electrons. The molecule has 2 aromatic heterocycles. The number of sulfonamides is 1. The number of thiophene rings is 1. The van der Waals surface area contributed by atoms with Gasteiger partial charge >= 0.3 is 0 Å². The van der Waals surface area contributed by atoms with Crippen LogP contribution in [0.5, 0.6) is 5.88 Å². The van der Waals surface area contributed by atoms with Crippen molar-refractivity contribution in [2.45, 2.75) is 23.7 Å². The second kappa shape index (κ2) is 5.75. The second-order valence-corrected chi connectivity index (χ2v) is 8.14. The largest absolute Gasteiger partial charge is 0.472 e. The molecule has 5 nitrogen and oxygen atoms in total. The van der Waals surface area contributed by atoms with E-state index in [0.29, 0.717) is 23.2 Å². The van der Waals surface area contributed by atoms with E-state index in [2.05, 4.69) is 4.98 Å². The van der Waals surface area contributed by atoms with E-state index in [0.717, 1.165) is 11.3 Å². The van der Waals surface area contributed by atoms with E-state index >= 15 is 0 Å². The van der Waals surface area contributed by atoms with Crippen molar-refractivity contribution in [3.05, 3.63) is 41.4 Å². The van der Waals surface area contributed by atoms with Crippen molar-refractivity contribution in [1.29, 1.82) is 0 Å². The Bertz CT molecular complexity index is 707. The fraction of sp³-hybridized carbons (Fsp3) is 0.357. The molecule has 1 aliphatic heterocycles. The molecule has 1 fully saturated rings. The first-order chi connectivity index (χ1) is 10.1. The lowest BCUT2D eigenvalue weighted by Gasteiger charge is -2.37. The lowest BCUT2D eigenvalue weighted by Crippen LogP contribution is -2.55. The molecular weight excluding hydrogens is 308 g/mol. The van der Waals surface area contributed by atoms with Gasteiger partial charge in [0.1, 0.15) is 10.3 Å². The summed E-state index contributed by atoms with van der Waals surface area (Å²) in [6.07, 6.45) is 2.38. The summed E-state index contributed by atoms with van der Waals surface area (Å²) in [5.74, 6) is 0.531. The third kappa shape index (κ3) is 2.95. The molecular formula is C14H16N2O3S2. The monoisotopic (exact) mass is 324 g/mol. The lowest BCUT2D eigenvalue weighted by atomic mass is 10.2. The van der Waals surface area contributed by atoms with E-state index in [4.69, 9.17) is 4.74 Å². The van der Waals surface area contributed by atoms with Crippen molar-refractivity contribution in [2.24, 2.45) is 0 Å². The third-order valence-electron chi connectivity index (χ3n) is 3.32. The van der Waals surface area contributed by atoms with E-state index in [1.54, 1.807) is 18.3 Å². The summed E-state index contributed by atoms with van der Waals surface area (Å²) in [6.45, 7) is 2.76. The van der Waals surface area contributed by atoms with E-state index in [9.17, 15) is 8.42 Å². The summed E-state index contributed by atoms with van der Waals surface area (Å²) in [7, 11) is -3.37. The fourth-order valence-corrected chi connectivity index (χ4v) is 5.03. The Morgan fingerprint density at radius 3 is 2.76 bits per heavy atom. The molecule has 7 heteroatoms. The number of hydrogen-bond acceptors (Lipinski definition) is 5. The molecule has 0 saturated carbocycles. The minimum Gasteiger partial charge on any atom is -0.472 e. The molecule has 0 unspecified atom stereocenters. The summed E-state index contributed by atoms with van der Waals surface area (Å²) in [6, 6.07) is 8.98. The molecule has 3 heterocycles. The minimum atomic E-state index is -3.37. The Morgan fingerprint density at radius 2 is 2.14 bits per heavy atom. The summed E-state index contributed by atoms with van der Waals surface area (Å²) >= 11 is 1.34. The molecule has 0 aliphatic carbocycles. The normalized spacial score (nSPS) is 16.6. The zero-order chi connectivity index (χ0) is 14.9. The molecule has 2 aromatic rings. The van der Waals surface area contributed by atoms with E-state index in [-0.39, 0.29) is 6.10 Å². The molecule has 0 N–H and O–H groups in total. The van der Waals surface area contributed by atoms with E-state index < -0.39 is 10.0 Å². The fourth-order valence-electron chi connectivity index (χ4n) is 2.07. The summed E-state index contributed by atoms with van der Waals surface area (Å²) < 4.78 is 32.3. The Labute approximate surface area is 128 Å². The summed E-state index contributed by atoms with van der Waals surface area (Å²) in [4.78, 5) is 5.15. The molecule has 1 saturated heterocycles. The van der Waals surface area contributed by atoms with Gasteiger partial charge in [0.05, 0.1) is 13.1 Å². The van der Waals surface area contributed by atoms with Gasteiger partial charge in [-0.1, -0.05) is 13.0 Å². The zero-order valence-corrected chi connectivity index (χ0v) is 13.2. The highest BCUT2D eigenvalue weighted by atomic mass is 32.2. The van der Waals surface area contributed by atoms with Crippen LogP contribution in [0.4, 0.5) is 0 Å². The van der Waals surface area contributed by atoms with Crippen molar-refractivity contribution >= 4 is 21.4 Å². The Morgan fingerprint density at radius 1 is 1.33 bits per heavy atom. The molecule has 112 valence electrons. The zero-order valence-electron chi connectivity index (χ0n) is 11.6. The Kier molecular flexibility index (Phi) is 3.97. The van der Waals surface area contributed by atoms with Crippen molar-refractivity contribution in [1.82, 2.24) is 9.29 Å². The molecule has 1 aliphatic rings.